The second kappa shape index (κ2) is 3.43. The number of hydrogen-bond donors (Lipinski definition) is 1. The van der Waals surface area contributed by atoms with E-state index in [0.29, 0.717) is 5.56 Å². The number of benzene rings is 1. The first-order valence-corrected chi connectivity index (χ1v) is 3.63. The highest BCUT2D eigenvalue weighted by atomic mass is 19.1. The molecule has 0 spiro atoms. The Morgan fingerprint density at radius 3 is 2.69 bits per heavy atom. The van der Waals surface area contributed by atoms with Crippen LogP contribution in [-0.2, 0) is 4.74 Å². The first-order valence-electron chi connectivity index (χ1n) is 3.63. The zero-order chi connectivity index (χ0) is 10.0. The summed E-state index contributed by atoms with van der Waals surface area (Å²) in [7, 11) is 1.17. The van der Waals surface area contributed by atoms with Gasteiger partial charge in [0.2, 0.25) is 0 Å². The van der Waals surface area contributed by atoms with Crippen LogP contribution in [0.3, 0.4) is 0 Å². The molecule has 0 saturated carbocycles. The highest BCUT2D eigenvalue weighted by Crippen LogP contribution is 2.23. The van der Waals surface area contributed by atoms with Crippen LogP contribution in [0.25, 0.3) is 0 Å². The normalized spacial score (nSPS) is 9.77. The van der Waals surface area contributed by atoms with Crippen molar-refractivity contribution in [2.24, 2.45) is 0 Å². The van der Waals surface area contributed by atoms with E-state index in [1.165, 1.54) is 14.0 Å². The third-order valence-corrected chi connectivity index (χ3v) is 1.67. The molecule has 0 heterocycles. The Kier molecular flexibility index (Phi) is 2.51. The Hall–Kier alpha value is -1.58. The van der Waals surface area contributed by atoms with Crippen LogP contribution in [0.2, 0.25) is 0 Å². The zero-order valence-corrected chi connectivity index (χ0v) is 7.30. The molecular weight excluding hydrogens is 175 g/mol. The summed E-state index contributed by atoms with van der Waals surface area (Å²) in [4.78, 5) is 11.0. The van der Waals surface area contributed by atoms with E-state index in [1.807, 2.05) is 0 Å². The lowest BCUT2D eigenvalue weighted by molar-refractivity contribution is 0.0596. The van der Waals surface area contributed by atoms with Crippen molar-refractivity contribution in [2.75, 3.05) is 7.11 Å². The molecule has 0 fully saturated rings. The van der Waals surface area contributed by atoms with Crippen LogP contribution in [0, 0.1) is 12.7 Å². The van der Waals surface area contributed by atoms with Gasteiger partial charge in [-0.3, -0.25) is 0 Å². The smallest absolute Gasteiger partial charge is 0.341 e. The van der Waals surface area contributed by atoms with Gasteiger partial charge in [-0.1, -0.05) is 0 Å². The van der Waals surface area contributed by atoms with Crippen molar-refractivity contribution in [2.45, 2.75) is 6.92 Å². The lowest BCUT2D eigenvalue weighted by Crippen LogP contribution is -2.03. The summed E-state index contributed by atoms with van der Waals surface area (Å²) >= 11 is 0. The van der Waals surface area contributed by atoms with Gasteiger partial charge >= 0.3 is 5.97 Å². The molecule has 0 unspecified atom stereocenters. The molecule has 1 rings (SSSR count). The number of methoxy groups -OCH3 is 1. The van der Waals surface area contributed by atoms with E-state index >= 15 is 0 Å². The van der Waals surface area contributed by atoms with Crippen molar-refractivity contribution >= 4 is 5.97 Å². The summed E-state index contributed by atoms with van der Waals surface area (Å²) in [6.45, 7) is 1.50. The molecule has 70 valence electrons. The second-order valence-electron chi connectivity index (χ2n) is 2.61. The number of rotatable bonds is 1. The first-order chi connectivity index (χ1) is 6.06. The molecule has 0 aliphatic heterocycles. The van der Waals surface area contributed by atoms with Crippen LogP contribution >= 0.6 is 0 Å². The number of halogens is 1. The Morgan fingerprint density at radius 2 is 2.15 bits per heavy atom. The number of phenols is 1. The van der Waals surface area contributed by atoms with Gasteiger partial charge in [0, 0.05) is 0 Å². The third kappa shape index (κ3) is 1.77. The largest absolute Gasteiger partial charge is 0.507 e. The third-order valence-electron chi connectivity index (χ3n) is 1.67. The van der Waals surface area contributed by atoms with Crippen molar-refractivity contribution < 1.29 is 19.0 Å². The van der Waals surface area contributed by atoms with E-state index in [0.717, 1.165) is 12.1 Å². The van der Waals surface area contributed by atoms with Gasteiger partial charge in [0.1, 0.15) is 17.1 Å². The summed E-state index contributed by atoms with van der Waals surface area (Å²) in [5.41, 5.74) is 0.153. The summed E-state index contributed by atoms with van der Waals surface area (Å²) in [6.07, 6.45) is 0. The molecule has 0 bridgehead atoms. The van der Waals surface area contributed by atoms with Gasteiger partial charge in [-0.05, 0) is 24.6 Å². The Bertz CT molecular complexity index is 347. The molecule has 13 heavy (non-hydrogen) atoms. The summed E-state index contributed by atoms with van der Waals surface area (Å²) in [5, 5.41) is 9.36. The monoisotopic (exact) mass is 184 g/mol. The first kappa shape index (κ1) is 9.51. The Balaban J connectivity index is 3.28. The lowest BCUT2D eigenvalue weighted by atomic mass is 10.1. The molecule has 1 aromatic carbocycles. The Labute approximate surface area is 74.8 Å². The molecule has 0 aromatic heterocycles. The highest BCUT2D eigenvalue weighted by molar-refractivity contribution is 5.92. The fourth-order valence-electron chi connectivity index (χ4n) is 1.00. The quantitative estimate of drug-likeness (QED) is 0.674. The molecule has 0 saturated heterocycles. The van der Waals surface area contributed by atoms with Crippen LogP contribution in [0.5, 0.6) is 5.75 Å². The Morgan fingerprint density at radius 1 is 1.54 bits per heavy atom. The van der Waals surface area contributed by atoms with Crippen molar-refractivity contribution in [1.82, 2.24) is 0 Å². The van der Waals surface area contributed by atoms with Crippen molar-refractivity contribution in [3.05, 3.63) is 29.1 Å². The van der Waals surface area contributed by atoms with Gasteiger partial charge in [0.05, 0.1) is 7.11 Å². The number of carbonyl (C=O) groups is 1. The molecule has 1 aromatic rings. The maximum atomic E-state index is 12.8. The van der Waals surface area contributed by atoms with Gasteiger partial charge in [-0.25, -0.2) is 9.18 Å². The number of aryl methyl sites for hydroxylation is 1. The van der Waals surface area contributed by atoms with Gasteiger partial charge in [-0.15, -0.1) is 0 Å². The molecule has 1 N–H and O–H groups in total. The van der Waals surface area contributed by atoms with Crippen molar-refractivity contribution in [3.63, 3.8) is 0 Å². The average Bonchev–Trinajstić information content (AvgIpc) is 2.10. The minimum absolute atomic E-state index is 0.153. The number of ether oxygens (including phenoxy) is 1. The summed E-state index contributed by atoms with van der Waals surface area (Å²) in [6, 6.07) is 2.08. The minimum atomic E-state index is -0.750. The van der Waals surface area contributed by atoms with Crippen molar-refractivity contribution in [1.29, 1.82) is 0 Å². The molecular formula is C9H9FO3. The van der Waals surface area contributed by atoms with Gasteiger partial charge in [0.15, 0.2) is 0 Å². The van der Waals surface area contributed by atoms with Crippen molar-refractivity contribution in [3.8, 4) is 5.75 Å². The van der Waals surface area contributed by atoms with Crippen LogP contribution in [-0.4, -0.2) is 18.2 Å². The molecule has 0 aliphatic rings. The summed E-state index contributed by atoms with van der Waals surface area (Å²) < 4.78 is 17.1. The van der Waals surface area contributed by atoms with E-state index in [-0.39, 0.29) is 11.3 Å². The van der Waals surface area contributed by atoms with Crippen LogP contribution in [0.15, 0.2) is 12.1 Å². The topological polar surface area (TPSA) is 46.5 Å². The van der Waals surface area contributed by atoms with Crippen LogP contribution in [0.1, 0.15) is 15.9 Å². The van der Waals surface area contributed by atoms with Gasteiger partial charge in [-0.2, -0.15) is 0 Å². The zero-order valence-electron chi connectivity index (χ0n) is 7.30. The summed E-state index contributed by atoms with van der Waals surface area (Å²) in [5.74, 6) is -1.57. The molecule has 0 atom stereocenters. The number of hydrogen-bond acceptors (Lipinski definition) is 3. The average molecular weight is 184 g/mol. The van der Waals surface area contributed by atoms with E-state index in [2.05, 4.69) is 4.74 Å². The predicted octanol–water partition coefficient (Wildman–Crippen LogP) is 1.63. The maximum absolute atomic E-state index is 12.8. The number of carbonyl (C=O) groups excluding carboxylic acids is 1. The van der Waals surface area contributed by atoms with Crippen LogP contribution in [0.4, 0.5) is 4.39 Å². The number of aromatic hydroxyl groups is 1. The van der Waals surface area contributed by atoms with Gasteiger partial charge < -0.3 is 9.84 Å². The standard InChI is InChI=1S/C9H9FO3/c1-5-3-6(10)4-7(8(5)11)9(12)13-2/h3-4,11H,1-2H3. The van der Waals surface area contributed by atoms with Gasteiger partial charge in [0.25, 0.3) is 0 Å². The number of phenolic OH excluding ortho intramolecular Hbond substituents is 1. The fourth-order valence-corrected chi connectivity index (χ4v) is 1.00. The number of esters is 1. The molecule has 4 heteroatoms. The SMILES string of the molecule is COC(=O)c1cc(F)cc(C)c1O. The fraction of sp³-hybridized carbons (Fsp3) is 0.222. The molecule has 3 nitrogen and oxygen atoms in total. The van der Waals surface area contributed by atoms with E-state index in [9.17, 15) is 14.3 Å². The van der Waals surface area contributed by atoms with Crippen LogP contribution < -0.4 is 0 Å². The van der Waals surface area contributed by atoms with E-state index in [1.54, 1.807) is 0 Å². The molecule has 0 radical (unpaired) electrons. The second-order valence-corrected chi connectivity index (χ2v) is 2.61. The van der Waals surface area contributed by atoms with E-state index < -0.39 is 11.8 Å². The lowest BCUT2D eigenvalue weighted by Gasteiger charge is -2.04. The van der Waals surface area contributed by atoms with E-state index in [4.69, 9.17) is 0 Å². The predicted molar refractivity (Wildman–Crippen MR) is 44.1 cm³/mol. The highest BCUT2D eigenvalue weighted by Gasteiger charge is 2.14. The molecule has 0 aliphatic carbocycles. The molecule has 0 amide bonds. The maximum Gasteiger partial charge on any atom is 0.341 e. The minimum Gasteiger partial charge on any atom is -0.507 e.